The average molecular weight is 424 g/mol. The normalized spacial score (nSPS) is 15.5. The van der Waals surface area contributed by atoms with Gasteiger partial charge in [0.15, 0.2) is 5.75 Å². The number of carbonyl (C=O) groups is 3. The Kier molecular flexibility index (Phi) is 7.15. The molecule has 26 heavy (non-hydrogen) atoms. The molecule has 9 heteroatoms. The topological polar surface area (TPSA) is 89.9 Å². The number of carboxylic acid groups (broad SMARTS) is 1. The number of aliphatic carboxylic acids is 1. The predicted molar refractivity (Wildman–Crippen MR) is 96.1 cm³/mol. The van der Waals surface area contributed by atoms with E-state index < -0.39 is 23.7 Å². The Morgan fingerprint density at radius 1 is 1.19 bits per heavy atom. The Hall–Kier alpha value is -1.50. The zero-order chi connectivity index (χ0) is 19.4. The highest BCUT2D eigenvalue weighted by Crippen LogP contribution is 2.40. The third-order valence-electron chi connectivity index (χ3n) is 4.38. The number of halogens is 3. The van der Waals surface area contributed by atoms with Crippen LogP contribution in [0, 0.1) is 11.8 Å². The van der Waals surface area contributed by atoms with Crippen molar-refractivity contribution in [3.8, 4) is 5.75 Å². The molecule has 0 saturated heterocycles. The molecule has 1 saturated carbocycles. The molecule has 1 fully saturated rings. The van der Waals surface area contributed by atoms with Crippen molar-refractivity contribution in [1.29, 1.82) is 0 Å². The van der Waals surface area contributed by atoms with Crippen LogP contribution in [0.1, 0.15) is 43.0 Å². The van der Waals surface area contributed by atoms with E-state index in [-0.39, 0.29) is 33.2 Å². The molecule has 1 N–H and O–H groups in total. The molecular formula is C17H17Cl3O6. The van der Waals surface area contributed by atoms with Gasteiger partial charge < -0.3 is 14.6 Å². The first-order chi connectivity index (χ1) is 12.2. The lowest BCUT2D eigenvalue weighted by molar-refractivity contribution is -0.158. The second-order valence-corrected chi connectivity index (χ2v) is 7.37. The quantitative estimate of drug-likeness (QED) is 0.322. The molecule has 0 bridgehead atoms. The van der Waals surface area contributed by atoms with E-state index in [4.69, 9.17) is 44.6 Å². The second-order valence-electron chi connectivity index (χ2n) is 6.17. The van der Waals surface area contributed by atoms with Crippen molar-refractivity contribution in [2.24, 2.45) is 11.8 Å². The molecule has 1 aliphatic carbocycles. The zero-order valence-electron chi connectivity index (χ0n) is 13.9. The summed E-state index contributed by atoms with van der Waals surface area (Å²) in [5.74, 6) is -4.21. The van der Waals surface area contributed by atoms with Crippen molar-refractivity contribution in [3.05, 3.63) is 26.7 Å². The van der Waals surface area contributed by atoms with Crippen molar-refractivity contribution in [2.45, 2.75) is 32.6 Å². The molecule has 0 aromatic heterocycles. The van der Waals surface area contributed by atoms with Gasteiger partial charge in [-0.1, -0.05) is 67.4 Å². The van der Waals surface area contributed by atoms with E-state index in [1.54, 1.807) is 0 Å². The summed E-state index contributed by atoms with van der Waals surface area (Å²) in [7, 11) is 0. The zero-order valence-corrected chi connectivity index (χ0v) is 16.2. The maximum absolute atomic E-state index is 12.5. The van der Waals surface area contributed by atoms with Crippen molar-refractivity contribution < 1.29 is 29.0 Å². The molecular weight excluding hydrogens is 407 g/mol. The number of rotatable bonds is 5. The SMILES string of the molecule is CC(COC(=O)c1c(Cl)c(Cl)cc(Cl)c1OC(=O)C(=O)O)C1CCCC1. The van der Waals surface area contributed by atoms with Gasteiger partial charge in [0, 0.05) is 0 Å². The number of hydrogen-bond acceptors (Lipinski definition) is 5. The van der Waals surface area contributed by atoms with Gasteiger partial charge in [-0.2, -0.15) is 0 Å². The van der Waals surface area contributed by atoms with E-state index in [0.717, 1.165) is 31.7 Å². The fourth-order valence-electron chi connectivity index (χ4n) is 2.94. The molecule has 2 rings (SSSR count). The summed E-state index contributed by atoms with van der Waals surface area (Å²) in [6.45, 7) is 2.14. The number of carboxylic acids is 1. The predicted octanol–water partition coefficient (Wildman–Crippen LogP) is 4.62. The fraction of sp³-hybridized carbons (Fsp3) is 0.471. The molecule has 1 aliphatic rings. The highest BCUT2D eigenvalue weighted by atomic mass is 35.5. The summed E-state index contributed by atoms with van der Waals surface area (Å²) < 4.78 is 9.98. The van der Waals surface area contributed by atoms with Crippen LogP contribution in [0.5, 0.6) is 5.75 Å². The van der Waals surface area contributed by atoms with E-state index >= 15 is 0 Å². The number of esters is 2. The Labute approximate surface area is 165 Å². The molecule has 6 nitrogen and oxygen atoms in total. The van der Waals surface area contributed by atoms with Gasteiger partial charge in [-0.15, -0.1) is 0 Å². The number of carbonyl (C=O) groups excluding carboxylic acids is 2. The summed E-state index contributed by atoms with van der Waals surface area (Å²) in [6, 6.07) is 1.15. The molecule has 1 aromatic rings. The van der Waals surface area contributed by atoms with E-state index in [1.807, 2.05) is 6.92 Å². The number of hydrogen-bond donors (Lipinski definition) is 1. The van der Waals surface area contributed by atoms with Gasteiger partial charge in [0.25, 0.3) is 0 Å². The van der Waals surface area contributed by atoms with E-state index in [9.17, 15) is 14.4 Å². The third kappa shape index (κ3) is 4.81. The fourth-order valence-corrected chi connectivity index (χ4v) is 3.66. The first-order valence-corrected chi connectivity index (χ1v) is 9.15. The van der Waals surface area contributed by atoms with Gasteiger partial charge in [0.2, 0.25) is 0 Å². The van der Waals surface area contributed by atoms with Crippen molar-refractivity contribution in [3.63, 3.8) is 0 Å². The van der Waals surface area contributed by atoms with Gasteiger partial charge >= 0.3 is 17.9 Å². The van der Waals surface area contributed by atoms with Crippen molar-refractivity contribution in [1.82, 2.24) is 0 Å². The van der Waals surface area contributed by atoms with Crippen LogP contribution in [-0.2, 0) is 14.3 Å². The molecule has 0 radical (unpaired) electrons. The first kappa shape index (κ1) is 20.8. The lowest BCUT2D eigenvalue weighted by atomic mass is 9.93. The summed E-state index contributed by atoms with van der Waals surface area (Å²) >= 11 is 17.9. The summed E-state index contributed by atoms with van der Waals surface area (Å²) in [4.78, 5) is 34.6. The smallest absolute Gasteiger partial charge is 0.422 e. The third-order valence-corrected chi connectivity index (χ3v) is 5.45. The number of ether oxygens (including phenoxy) is 2. The van der Waals surface area contributed by atoms with E-state index in [0.29, 0.717) is 5.92 Å². The van der Waals surface area contributed by atoms with Gasteiger partial charge in [0.1, 0.15) is 5.56 Å². The Morgan fingerprint density at radius 3 is 2.38 bits per heavy atom. The Bertz CT molecular complexity index is 728. The summed E-state index contributed by atoms with van der Waals surface area (Å²) in [6.07, 6.45) is 4.50. The molecule has 0 amide bonds. The van der Waals surface area contributed by atoms with E-state index in [2.05, 4.69) is 4.74 Å². The lowest BCUT2D eigenvalue weighted by Gasteiger charge is -2.19. The van der Waals surface area contributed by atoms with Crippen LogP contribution in [0.2, 0.25) is 15.1 Å². The summed E-state index contributed by atoms with van der Waals surface area (Å²) in [5, 5.41) is 8.17. The van der Waals surface area contributed by atoms with Crippen LogP contribution in [-0.4, -0.2) is 29.6 Å². The average Bonchev–Trinajstić information content (AvgIpc) is 3.11. The Morgan fingerprint density at radius 2 is 1.81 bits per heavy atom. The molecule has 142 valence electrons. The molecule has 1 atom stereocenters. The second kappa shape index (κ2) is 8.93. The van der Waals surface area contributed by atoms with Crippen LogP contribution in [0.3, 0.4) is 0 Å². The van der Waals surface area contributed by atoms with Gasteiger partial charge in [-0.3, -0.25) is 0 Å². The Balaban J connectivity index is 2.23. The molecule has 0 aliphatic heterocycles. The summed E-state index contributed by atoms with van der Waals surface area (Å²) in [5.41, 5.74) is -0.377. The molecule has 0 heterocycles. The standard InChI is InChI=1S/C17H17Cl3O6/c1-8(9-4-2-3-5-9)7-25-16(23)12-13(20)10(18)6-11(19)14(12)26-17(24)15(21)22/h6,8-9H,2-5,7H2,1H3,(H,21,22). The van der Waals surface area contributed by atoms with E-state index in [1.165, 1.54) is 0 Å². The largest absolute Gasteiger partial charge is 0.473 e. The minimum Gasteiger partial charge on any atom is -0.473 e. The van der Waals surface area contributed by atoms with Crippen LogP contribution >= 0.6 is 34.8 Å². The highest BCUT2D eigenvalue weighted by molar-refractivity contribution is 6.46. The van der Waals surface area contributed by atoms with Crippen LogP contribution in [0.25, 0.3) is 0 Å². The van der Waals surface area contributed by atoms with Gasteiger partial charge in [-0.05, 0) is 17.9 Å². The molecule has 0 spiro atoms. The van der Waals surface area contributed by atoms with Crippen molar-refractivity contribution in [2.75, 3.05) is 6.61 Å². The maximum Gasteiger partial charge on any atom is 0.422 e. The van der Waals surface area contributed by atoms with Gasteiger partial charge in [0.05, 0.1) is 21.7 Å². The van der Waals surface area contributed by atoms with Gasteiger partial charge in [-0.25, -0.2) is 14.4 Å². The highest BCUT2D eigenvalue weighted by Gasteiger charge is 2.29. The van der Waals surface area contributed by atoms with Crippen molar-refractivity contribution >= 4 is 52.7 Å². The van der Waals surface area contributed by atoms with Crippen LogP contribution in [0.15, 0.2) is 6.07 Å². The lowest BCUT2D eigenvalue weighted by Crippen LogP contribution is -2.22. The molecule has 1 unspecified atom stereocenters. The maximum atomic E-state index is 12.5. The minimum absolute atomic E-state index is 0.0532. The number of benzene rings is 1. The minimum atomic E-state index is -1.85. The monoisotopic (exact) mass is 422 g/mol. The van der Waals surface area contributed by atoms with Crippen LogP contribution < -0.4 is 4.74 Å². The molecule has 1 aromatic carbocycles. The first-order valence-electron chi connectivity index (χ1n) is 8.02. The van der Waals surface area contributed by atoms with Crippen LogP contribution in [0.4, 0.5) is 0 Å².